The third-order valence-corrected chi connectivity index (χ3v) is 2.54. The SMILES string of the molecule is C[C@]([NH3+])(C(=O)[O-])c1cc(Cl)ccc1Cl. The zero-order valence-corrected chi connectivity index (χ0v) is 9.02. The highest BCUT2D eigenvalue weighted by Gasteiger charge is 2.29. The molecule has 0 aliphatic rings. The summed E-state index contributed by atoms with van der Waals surface area (Å²) in [5.74, 6) is -1.29. The van der Waals surface area contributed by atoms with Crippen LogP contribution >= 0.6 is 23.2 Å². The number of rotatable bonds is 2. The fraction of sp³-hybridized carbons (Fsp3) is 0.222. The molecular weight excluding hydrogens is 225 g/mol. The first-order valence-corrected chi connectivity index (χ1v) is 4.63. The van der Waals surface area contributed by atoms with E-state index >= 15 is 0 Å². The number of quaternary nitrogens is 1. The Bertz CT molecular complexity index is 377. The van der Waals surface area contributed by atoms with Gasteiger partial charge in [-0.25, -0.2) is 0 Å². The van der Waals surface area contributed by atoms with E-state index in [1.54, 1.807) is 6.07 Å². The molecule has 0 radical (unpaired) electrons. The van der Waals surface area contributed by atoms with Crippen molar-refractivity contribution < 1.29 is 15.6 Å². The molecular formula is C9H9Cl2NO2. The highest BCUT2D eigenvalue weighted by Crippen LogP contribution is 2.27. The van der Waals surface area contributed by atoms with Crippen LogP contribution in [0.4, 0.5) is 0 Å². The van der Waals surface area contributed by atoms with E-state index in [-0.39, 0.29) is 0 Å². The maximum absolute atomic E-state index is 10.8. The van der Waals surface area contributed by atoms with E-state index in [1.165, 1.54) is 19.1 Å². The molecule has 0 heterocycles. The lowest BCUT2D eigenvalue weighted by molar-refractivity contribution is -0.489. The molecule has 14 heavy (non-hydrogen) atoms. The van der Waals surface area contributed by atoms with Crippen molar-refractivity contribution in [2.24, 2.45) is 0 Å². The van der Waals surface area contributed by atoms with Crippen molar-refractivity contribution in [3.05, 3.63) is 33.8 Å². The molecule has 0 amide bonds. The van der Waals surface area contributed by atoms with Crippen LogP contribution in [-0.4, -0.2) is 5.97 Å². The number of carboxylic acids is 1. The molecule has 0 saturated carbocycles. The van der Waals surface area contributed by atoms with Gasteiger partial charge in [-0.15, -0.1) is 0 Å². The van der Waals surface area contributed by atoms with Crippen LogP contribution in [0.3, 0.4) is 0 Å². The van der Waals surface area contributed by atoms with Crippen LogP contribution in [0, 0.1) is 0 Å². The number of hydrogen-bond donors (Lipinski definition) is 1. The van der Waals surface area contributed by atoms with Gasteiger partial charge in [0.15, 0.2) is 5.54 Å². The zero-order valence-electron chi connectivity index (χ0n) is 7.51. The van der Waals surface area contributed by atoms with Crippen molar-refractivity contribution in [1.29, 1.82) is 0 Å². The Hall–Kier alpha value is -0.770. The van der Waals surface area contributed by atoms with Gasteiger partial charge in [-0.05, 0) is 18.2 Å². The Morgan fingerprint density at radius 1 is 1.50 bits per heavy atom. The van der Waals surface area contributed by atoms with Crippen molar-refractivity contribution in [3.8, 4) is 0 Å². The average molecular weight is 234 g/mol. The van der Waals surface area contributed by atoms with Crippen LogP contribution in [0.5, 0.6) is 0 Å². The smallest absolute Gasteiger partial charge is 0.159 e. The maximum atomic E-state index is 10.8. The quantitative estimate of drug-likeness (QED) is 0.794. The second kappa shape index (κ2) is 3.77. The van der Waals surface area contributed by atoms with Crippen molar-refractivity contribution >= 4 is 29.2 Å². The lowest BCUT2D eigenvalue weighted by Gasteiger charge is -2.23. The third kappa shape index (κ3) is 2.00. The summed E-state index contributed by atoms with van der Waals surface area (Å²) in [6, 6.07) is 4.59. The predicted molar refractivity (Wildman–Crippen MR) is 51.7 cm³/mol. The van der Waals surface area contributed by atoms with Crippen LogP contribution < -0.4 is 10.8 Å². The van der Waals surface area contributed by atoms with Crippen LogP contribution in [0.2, 0.25) is 10.0 Å². The van der Waals surface area contributed by atoms with E-state index in [0.29, 0.717) is 15.6 Å². The summed E-state index contributed by atoms with van der Waals surface area (Å²) in [5, 5.41) is 11.5. The first-order chi connectivity index (χ1) is 6.35. The lowest BCUT2D eigenvalue weighted by Crippen LogP contribution is -2.75. The number of benzene rings is 1. The summed E-state index contributed by atoms with van der Waals surface area (Å²) in [7, 11) is 0. The largest absolute Gasteiger partial charge is 0.543 e. The molecule has 0 aromatic heterocycles. The van der Waals surface area contributed by atoms with Gasteiger partial charge < -0.3 is 15.6 Å². The molecule has 1 atom stereocenters. The van der Waals surface area contributed by atoms with Crippen LogP contribution in [0.1, 0.15) is 12.5 Å². The Morgan fingerprint density at radius 3 is 2.57 bits per heavy atom. The Kier molecular flexibility index (Phi) is 3.04. The van der Waals surface area contributed by atoms with Crippen molar-refractivity contribution in [3.63, 3.8) is 0 Å². The standard InChI is InChI=1S/C9H9Cl2NO2/c1-9(12,8(13)14)6-4-5(10)2-3-7(6)11/h2-4H,12H2,1H3,(H,13,14)/t9-/m1/s1. The number of aliphatic carboxylic acids is 1. The highest BCUT2D eigenvalue weighted by atomic mass is 35.5. The average Bonchev–Trinajstić information content (AvgIpc) is 2.08. The Morgan fingerprint density at radius 2 is 2.07 bits per heavy atom. The summed E-state index contributed by atoms with van der Waals surface area (Å²) in [4.78, 5) is 10.8. The fourth-order valence-corrected chi connectivity index (χ4v) is 1.53. The molecule has 0 fully saturated rings. The molecule has 0 bridgehead atoms. The number of carbonyl (C=O) groups is 1. The predicted octanol–water partition coefficient (Wildman–Crippen LogP) is 0.200. The lowest BCUT2D eigenvalue weighted by atomic mass is 9.93. The van der Waals surface area contributed by atoms with Gasteiger partial charge in [0.05, 0.1) is 5.02 Å². The molecule has 0 spiro atoms. The minimum absolute atomic E-state index is 0.316. The van der Waals surface area contributed by atoms with Gasteiger partial charge in [0, 0.05) is 17.5 Å². The van der Waals surface area contributed by atoms with Gasteiger partial charge in [0.2, 0.25) is 0 Å². The topological polar surface area (TPSA) is 67.8 Å². The molecule has 0 unspecified atom stereocenters. The third-order valence-electron chi connectivity index (χ3n) is 1.97. The molecule has 1 rings (SSSR count). The van der Waals surface area contributed by atoms with Gasteiger partial charge >= 0.3 is 0 Å². The summed E-state index contributed by atoms with van der Waals surface area (Å²) in [6.07, 6.45) is 0. The van der Waals surface area contributed by atoms with Crippen molar-refractivity contribution in [1.82, 2.24) is 0 Å². The molecule has 0 saturated heterocycles. The summed E-state index contributed by atoms with van der Waals surface area (Å²) < 4.78 is 0. The molecule has 1 aromatic rings. The van der Waals surface area contributed by atoms with E-state index in [4.69, 9.17) is 23.2 Å². The minimum atomic E-state index is -1.39. The molecule has 3 nitrogen and oxygen atoms in total. The second-order valence-electron chi connectivity index (χ2n) is 3.24. The minimum Gasteiger partial charge on any atom is -0.543 e. The maximum Gasteiger partial charge on any atom is 0.159 e. The van der Waals surface area contributed by atoms with Crippen LogP contribution in [0.15, 0.2) is 18.2 Å². The second-order valence-corrected chi connectivity index (χ2v) is 4.09. The highest BCUT2D eigenvalue weighted by molar-refractivity contribution is 6.33. The van der Waals surface area contributed by atoms with Gasteiger partial charge in [-0.1, -0.05) is 23.2 Å². The first kappa shape index (κ1) is 11.3. The first-order valence-electron chi connectivity index (χ1n) is 3.88. The Labute approximate surface area is 91.4 Å². The van der Waals surface area contributed by atoms with Crippen molar-refractivity contribution in [2.75, 3.05) is 0 Å². The zero-order chi connectivity index (χ0) is 10.9. The number of hydrogen-bond acceptors (Lipinski definition) is 2. The van der Waals surface area contributed by atoms with Gasteiger partial charge in [-0.3, -0.25) is 0 Å². The van der Waals surface area contributed by atoms with Crippen molar-refractivity contribution in [2.45, 2.75) is 12.5 Å². The summed E-state index contributed by atoms with van der Waals surface area (Å²) in [5.41, 5.74) is 2.50. The molecule has 5 heteroatoms. The number of carboxylic acid groups (broad SMARTS) is 1. The Balaban J connectivity index is 3.31. The van der Waals surface area contributed by atoms with E-state index in [2.05, 4.69) is 5.73 Å². The summed E-state index contributed by atoms with van der Waals surface area (Å²) >= 11 is 11.6. The molecule has 76 valence electrons. The number of halogens is 2. The van der Waals surface area contributed by atoms with Gasteiger partial charge in [0.25, 0.3) is 0 Å². The summed E-state index contributed by atoms with van der Waals surface area (Å²) in [6.45, 7) is 1.42. The van der Waals surface area contributed by atoms with Crippen LogP contribution in [-0.2, 0) is 10.3 Å². The van der Waals surface area contributed by atoms with Gasteiger partial charge in [-0.2, -0.15) is 0 Å². The molecule has 0 aliphatic carbocycles. The van der Waals surface area contributed by atoms with E-state index < -0.39 is 11.5 Å². The fourth-order valence-electron chi connectivity index (χ4n) is 1.03. The number of carbonyl (C=O) groups excluding carboxylic acids is 1. The van der Waals surface area contributed by atoms with E-state index in [1.807, 2.05) is 0 Å². The molecule has 0 aliphatic heterocycles. The normalized spacial score (nSPS) is 14.9. The molecule has 3 N–H and O–H groups in total. The monoisotopic (exact) mass is 233 g/mol. The van der Waals surface area contributed by atoms with Gasteiger partial charge in [0.1, 0.15) is 5.97 Å². The van der Waals surface area contributed by atoms with E-state index in [9.17, 15) is 9.90 Å². The molecule has 1 aromatic carbocycles. The van der Waals surface area contributed by atoms with E-state index in [0.717, 1.165) is 0 Å². The van der Waals surface area contributed by atoms with Crippen LogP contribution in [0.25, 0.3) is 0 Å².